The fraction of sp³-hybridized carbons (Fsp3) is 0.481. The number of benzene rings is 2. The Balaban J connectivity index is 1.06. The Morgan fingerprint density at radius 2 is 1.83 bits per heavy atom. The Morgan fingerprint density at radius 1 is 1.03 bits per heavy atom. The molecule has 2 fully saturated rings. The van der Waals surface area contributed by atoms with Crippen molar-refractivity contribution in [2.45, 2.75) is 37.8 Å². The second-order valence-corrected chi connectivity index (χ2v) is 9.65. The van der Waals surface area contributed by atoms with Crippen molar-refractivity contribution in [3.8, 4) is 23.3 Å². The van der Waals surface area contributed by atoms with Gasteiger partial charge in [0.25, 0.3) is 0 Å². The van der Waals surface area contributed by atoms with Gasteiger partial charge in [-0.2, -0.15) is 5.26 Å². The van der Waals surface area contributed by atoms with Gasteiger partial charge >= 0.3 is 6.09 Å². The maximum atomic E-state index is 12.3. The van der Waals surface area contributed by atoms with Crippen molar-refractivity contribution in [3.05, 3.63) is 53.6 Å². The highest BCUT2D eigenvalue weighted by Crippen LogP contribution is 2.33. The third-order valence-electron chi connectivity index (χ3n) is 7.22. The molecular formula is C27H31N3O5. The molecule has 8 heteroatoms. The lowest BCUT2D eigenvalue weighted by molar-refractivity contribution is 0.0465. The number of rotatable bonds is 7. The highest BCUT2D eigenvalue weighted by atomic mass is 16.6. The van der Waals surface area contributed by atoms with E-state index in [1.54, 1.807) is 30.3 Å². The highest BCUT2D eigenvalue weighted by molar-refractivity contribution is 5.70. The number of phenols is 1. The van der Waals surface area contributed by atoms with Crippen LogP contribution in [0.2, 0.25) is 0 Å². The van der Waals surface area contributed by atoms with Gasteiger partial charge in [0.2, 0.25) is 0 Å². The van der Waals surface area contributed by atoms with E-state index in [1.165, 1.54) is 0 Å². The molecule has 8 nitrogen and oxygen atoms in total. The lowest BCUT2D eigenvalue weighted by Gasteiger charge is -2.36. The first-order chi connectivity index (χ1) is 17.1. The normalized spacial score (nSPS) is 22.6. The number of hydrogen-bond donors (Lipinski definition) is 1. The third-order valence-corrected chi connectivity index (χ3v) is 7.22. The number of carbonyl (C=O) groups excluding carboxylic acids is 1. The summed E-state index contributed by atoms with van der Waals surface area (Å²) in [5.74, 6) is 2.17. The number of hydrogen-bond acceptors (Lipinski definition) is 7. The van der Waals surface area contributed by atoms with E-state index in [0.717, 1.165) is 50.9 Å². The zero-order valence-electron chi connectivity index (χ0n) is 19.8. The van der Waals surface area contributed by atoms with E-state index in [9.17, 15) is 9.90 Å². The van der Waals surface area contributed by atoms with Gasteiger partial charge in [-0.25, -0.2) is 4.79 Å². The maximum absolute atomic E-state index is 12.3. The molecule has 0 aromatic heterocycles. The predicted octanol–water partition coefficient (Wildman–Crippen LogP) is 3.57. The zero-order valence-corrected chi connectivity index (χ0v) is 19.8. The van der Waals surface area contributed by atoms with Crippen molar-refractivity contribution < 1.29 is 24.1 Å². The van der Waals surface area contributed by atoms with E-state index in [0.29, 0.717) is 42.7 Å². The Hall–Kier alpha value is -3.44. The van der Waals surface area contributed by atoms with Crippen LogP contribution in [0.25, 0.3) is 0 Å². The van der Waals surface area contributed by atoms with Crippen LogP contribution in [0.5, 0.6) is 17.2 Å². The molecule has 2 atom stereocenters. The number of carbonyl (C=O) groups is 1. The largest absolute Gasteiger partial charge is 0.508 e. The van der Waals surface area contributed by atoms with Crippen LogP contribution in [0.15, 0.2) is 42.5 Å². The number of cyclic esters (lactones) is 1. The number of nitriles is 1. The molecule has 0 aliphatic carbocycles. The molecule has 0 saturated carbocycles. The van der Waals surface area contributed by atoms with Crippen molar-refractivity contribution in [2.24, 2.45) is 5.92 Å². The van der Waals surface area contributed by atoms with Gasteiger partial charge in [-0.15, -0.1) is 0 Å². The summed E-state index contributed by atoms with van der Waals surface area (Å²) in [7, 11) is 0. The van der Waals surface area contributed by atoms with Crippen molar-refractivity contribution in [1.29, 1.82) is 5.26 Å². The van der Waals surface area contributed by atoms with Crippen LogP contribution in [-0.2, 0) is 11.2 Å². The van der Waals surface area contributed by atoms with Crippen molar-refractivity contribution >= 4 is 6.09 Å². The molecule has 35 heavy (non-hydrogen) atoms. The molecule has 184 valence electrons. The number of fused-ring (bicyclic) bond motifs is 1. The lowest BCUT2D eigenvalue weighted by Crippen LogP contribution is -2.44. The van der Waals surface area contributed by atoms with E-state index in [-0.39, 0.29) is 24.0 Å². The van der Waals surface area contributed by atoms with E-state index >= 15 is 0 Å². The van der Waals surface area contributed by atoms with Gasteiger partial charge in [0.15, 0.2) is 11.5 Å². The fourth-order valence-electron chi connectivity index (χ4n) is 5.18. The first kappa shape index (κ1) is 23.3. The predicted molar refractivity (Wildman–Crippen MR) is 129 cm³/mol. The third kappa shape index (κ3) is 5.63. The van der Waals surface area contributed by atoms with Crippen LogP contribution in [0.1, 0.15) is 30.4 Å². The number of likely N-dealkylation sites (tertiary alicyclic amines) is 1. The van der Waals surface area contributed by atoms with E-state index in [1.807, 2.05) is 17.0 Å². The van der Waals surface area contributed by atoms with Gasteiger partial charge in [0, 0.05) is 19.2 Å². The minimum absolute atomic E-state index is 0.0417. The van der Waals surface area contributed by atoms with Crippen LogP contribution < -0.4 is 9.47 Å². The SMILES string of the molecule is N#Cc1ccc2c(c1)OC(CN1CCC(CCN3C(=O)OCC3Cc3ccc(O)cc3)CC1)CO2. The molecule has 3 heterocycles. The van der Waals surface area contributed by atoms with Crippen LogP contribution in [-0.4, -0.2) is 72.5 Å². The lowest BCUT2D eigenvalue weighted by atomic mass is 9.93. The molecule has 2 saturated heterocycles. The van der Waals surface area contributed by atoms with Crippen LogP contribution in [0.3, 0.4) is 0 Å². The fourth-order valence-corrected chi connectivity index (χ4v) is 5.18. The maximum Gasteiger partial charge on any atom is 0.410 e. The molecule has 0 spiro atoms. The number of ether oxygens (including phenoxy) is 3. The zero-order chi connectivity index (χ0) is 24.2. The molecule has 2 unspecified atom stereocenters. The number of piperidine rings is 1. The van der Waals surface area contributed by atoms with Crippen LogP contribution >= 0.6 is 0 Å². The van der Waals surface area contributed by atoms with Gasteiger partial charge in [-0.05, 0) is 74.5 Å². The summed E-state index contributed by atoms with van der Waals surface area (Å²) in [4.78, 5) is 16.6. The molecule has 1 amide bonds. The minimum atomic E-state index is -0.222. The number of nitrogens with zero attached hydrogens (tertiary/aromatic N) is 3. The monoisotopic (exact) mass is 477 g/mol. The van der Waals surface area contributed by atoms with Crippen LogP contribution in [0.4, 0.5) is 4.79 Å². The summed E-state index contributed by atoms with van der Waals surface area (Å²) >= 11 is 0. The average molecular weight is 478 g/mol. The summed E-state index contributed by atoms with van der Waals surface area (Å²) in [6, 6.07) is 14.6. The van der Waals surface area contributed by atoms with E-state index in [4.69, 9.17) is 19.5 Å². The summed E-state index contributed by atoms with van der Waals surface area (Å²) in [6.45, 7) is 4.44. The minimum Gasteiger partial charge on any atom is -0.508 e. The Kier molecular flexibility index (Phi) is 6.96. The first-order valence-corrected chi connectivity index (χ1v) is 12.3. The quantitative estimate of drug-likeness (QED) is 0.651. The van der Waals surface area contributed by atoms with Crippen molar-refractivity contribution in [3.63, 3.8) is 0 Å². The van der Waals surface area contributed by atoms with Crippen LogP contribution in [0, 0.1) is 17.2 Å². The first-order valence-electron chi connectivity index (χ1n) is 12.3. The smallest absolute Gasteiger partial charge is 0.410 e. The second kappa shape index (κ2) is 10.4. The van der Waals surface area contributed by atoms with Crippen molar-refractivity contribution in [2.75, 3.05) is 39.4 Å². The molecule has 1 N–H and O–H groups in total. The Bertz CT molecular complexity index is 1080. The summed E-state index contributed by atoms with van der Waals surface area (Å²) in [5, 5.41) is 18.6. The average Bonchev–Trinajstić information content (AvgIpc) is 3.23. The van der Waals surface area contributed by atoms with E-state index in [2.05, 4.69) is 11.0 Å². The molecule has 2 aromatic rings. The Labute approximate surface area is 205 Å². The molecule has 2 aromatic carbocycles. The van der Waals surface area contributed by atoms with Crippen molar-refractivity contribution in [1.82, 2.24) is 9.80 Å². The van der Waals surface area contributed by atoms with Gasteiger partial charge in [-0.1, -0.05) is 12.1 Å². The summed E-state index contributed by atoms with van der Waals surface area (Å²) in [6.07, 6.45) is 3.62. The number of amides is 1. The molecule has 3 aliphatic heterocycles. The van der Waals surface area contributed by atoms with Gasteiger partial charge in [-0.3, -0.25) is 4.90 Å². The van der Waals surface area contributed by atoms with E-state index < -0.39 is 0 Å². The van der Waals surface area contributed by atoms with Gasteiger partial charge in [0.1, 0.15) is 25.1 Å². The molecular weight excluding hydrogens is 446 g/mol. The number of phenolic OH excluding ortho intramolecular Hbond substituents is 1. The standard InChI is InChI=1S/C27H31N3O5/c28-15-21-3-6-25-26(14-21)35-24(18-33-25)16-29-10-7-19(8-11-29)9-12-30-22(17-34-27(30)32)13-20-1-4-23(31)5-2-20/h1-6,14,19,22,24,31H,7-13,16-18H2. The van der Waals surface area contributed by atoms with Gasteiger partial charge in [0.05, 0.1) is 17.7 Å². The topological polar surface area (TPSA) is 95.3 Å². The number of aromatic hydroxyl groups is 1. The highest BCUT2D eigenvalue weighted by Gasteiger charge is 2.34. The molecule has 0 bridgehead atoms. The molecule has 0 radical (unpaired) electrons. The van der Waals surface area contributed by atoms with Gasteiger partial charge < -0.3 is 24.2 Å². The Morgan fingerprint density at radius 3 is 2.60 bits per heavy atom. The second-order valence-electron chi connectivity index (χ2n) is 9.65. The molecule has 5 rings (SSSR count). The summed E-state index contributed by atoms with van der Waals surface area (Å²) in [5.41, 5.74) is 1.66. The summed E-state index contributed by atoms with van der Waals surface area (Å²) < 4.78 is 17.3. The molecule has 3 aliphatic rings.